The number of nitrogens with zero attached hydrogens (tertiary/aromatic N) is 2. The van der Waals surface area contributed by atoms with Crippen LogP contribution in [-0.2, 0) is 16.0 Å². The van der Waals surface area contributed by atoms with Gasteiger partial charge in [-0.3, -0.25) is 4.79 Å². The van der Waals surface area contributed by atoms with E-state index in [4.69, 9.17) is 9.47 Å². The number of benzene rings is 1. The minimum atomic E-state index is -0.134. The summed E-state index contributed by atoms with van der Waals surface area (Å²) >= 11 is 1.69. The molecule has 0 amide bonds. The predicted molar refractivity (Wildman–Crippen MR) is 123 cm³/mol. The molecule has 0 bridgehead atoms. The first kappa shape index (κ1) is 24.3. The van der Waals surface area contributed by atoms with Crippen molar-refractivity contribution in [1.29, 1.82) is 0 Å². The van der Waals surface area contributed by atoms with E-state index < -0.39 is 0 Å². The highest BCUT2D eigenvalue weighted by atomic mass is 32.1. The second-order valence-corrected chi connectivity index (χ2v) is 8.57. The molecule has 1 heterocycles. The molecule has 1 aromatic heterocycles. The van der Waals surface area contributed by atoms with Gasteiger partial charge in [0.15, 0.2) is 0 Å². The van der Waals surface area contributed by atoms with Crippen molar-refractivity contribution in [3.63, 3.8) is 0 Å². The number of hydrogen-bond acceptors (Lipinski definition) is 6. The van der Waals surface area contributed by atoms with Crippen LogP contribution in [0.3, 0.4) is 0 Å². The van der Waals surface area contributed by atoms with Crippen molar-refractivity contribution in [2.45, 2.75) is 84.5 Å². The lowest BCUT2D eigenvalue weighted by Crippen LogP contribution is -2.05. The number of unbranched alkanes of at least 4 members (excludes halogenated alkanes) is 7. The third-order valence-corrected chi connectivity index (χ3v) is 5.94. The number of aromatic nitrogens is 2. The van der Waals surface area contributed by atoms with E-state index >= 15 is 0 Å². The van der Waals surface area contributed by atoms with Crippen molar-refractivity contribution in [3.05, 3.63) is 29.3 Å². The van der Waals surface area contributed by atoms with Crippen molar-refractivity contribution < 1.29 is 14.3 Å². The molecule has 0 aliphatic rings. The molecule has 0 N–H and O–H groups in total. The second-order valence-electron chi connectivity index (χ2n) is 7.51. The summed E-state index contributed by atoms with van der Waals surface area (Å²) in [7, 11) is 0. The molecule has 2 rings (SSSR count). The van der Waals surface area contributed by atoms with E-state index in [-0.39, 0.29) is 5.97 Å². The monoisotopic (exact) mass is 432 g/mol. The summed E-state index contributed by atoms with van der Waals surface area (Å²) in [6.07, 6.45) is 12.3. The maximum absolute atomic E-state index is 11.3. The van der Waals surface area contributed by atoms with Gasteiger partial charge in [0.2, 0.25) is 0 Å². The Balaban J connectivity index is 1.65. The van der Waals surface area contributed by atoms with Gasteiger partial charge in [-0.15, -0.1) is 10.2 Å². The van der Waals surface area contributed by atoms with Gasteiger partial charge in [0.1, 0.15) is 15.8 Å². The Labute approximate surface area is 185 Å². The standard InChI is InChI=1S/C24H36N2O3S/c1-3-5-6-7-8-9-10-13-22-25-26-24(30-22)20-15-17-21(18-16-20)29-19-12-11-14-23(27)28-4-2/h15-18H,3-14,19H2,1-2H3. The Morgan fingerprint density at radius 3 is 2.37 bits per heavy atom. The number of carbonyl (C=O) groups is 1. The Kier molecular flexibility index (Phi) is 12.1. The molecule has 0 radical (unpaired) electrons. The molecule has 0 atom stereocenters. The highest BCUT2D eigenvalue weighted by Crippen LogP contribution is 2.26. The summed E-state index contributed by atoms with van der Waals surface area (Å²) in [5.74, 6) is 0.702. The van der Waals surface area contributed by atoms with Crippen molar-refractivity contribution >= 4 is 17.3 Å². The smallest absolute Gasteiger partial charge is 0.305 e. The molecule has 0 spiro atoms. The van der Waals surface area contributed by atoms with Crippen LogP contribution in [0.2, 0.25) is 0 Å². The van der Waals surface area contributed by atoms with Crippen molar-refractivity contribution in [1.82, 2.24) is 10.2 Å². The number of esters is 1. The summed E-state index contributed by atoms with van der Waals surface area (Å²) < 4.78 is 10.7. The topological polar surface area (TPSA) is 61.3 Å². The number of carbonyl (C=O) groups excluding carboxylic acids is 1. The zero-order valence-corrected chi connectivity index (χ0v) is 19.3. The summed E-state index contributed by atoms with van der Waals surface area (Å²) in [4.78, 5) is 11.3. The Bertz CT molecular complexity index is 715. The van der Waals surface area contributed by atoms with Crippen LogP contribution in [0.5, 0.6) is 5.75 Å². The molecule has 0 fully saturated rings. The first-order chi connectivity index (χ1) is 14.7. The van der Waals surface area contributed by atoms with Crippen molar-refractivity contribution in [3.8, 4) is 16.3 Å². The van der Waals surface area contributed by atoms with Crippen LogP contribution in [0.4, 0.5) is 0 Å². The fourth-order valence-corrected chi connectivity index (χ4v) is 4.08. The van der Waals surface area contributed by atoms with Crippen LogP contribution in [0.15, 0.2) is 24.3 Å². The number of ether oxygens (including phenoxy) is 2. The van der Waals surface area contributed by atoms with Gasteiger partial charge < -0.3 is 9.47 Å². The summed E-state index contributed by atoms with van der Waals surface area (Å²) in [6, 6.07) is 8.01. The lowest BCUT2D eigenvalue weighted by molar-refractivity contribution is -0.143. The molecule has 0 aliphatic carbocycles. The van der Waals surface area contributed by atoms with E-state index in [9.17, 15) is 4.79 Å². The SMILES string of the molecule is CCCCCCCCCc1nnc(-c2ccc(OCCCCC(=O)OCC)cc2)s1. The largest absolute Gasteiger partial charge is 0.494 e. The minimum Gasteiger partial charge on any atom is -0.494 e. The highest BCUT2D eigenvalue weighted by molar-refractivity contribution is 7.14. The van der Waals surface area contributed by atoms with Crippen molar-refractivity contribution in [2.24, 2.45) is 0 Å². The molecule has 0 unspecified atom stereocenters. The average molecular weight is 433 g/mol. The molecule has 0 saturated heterocycles. The van der Waals surface area contributed by atoms with Gasteiger partial charge in [0.25, 0.3) is 0 Å². The van der Waals surface area contributed by atoms with E-state index in [0.29, 0.717) is 19.6 Å². The van der Waals surface area contributed by atoms with Crippen molar-refractivity contribution in [2.75, 3.05) is 13.2 Å². The summed E-state index contributed by atoms with van der Waals surface area (Å²) in [6.45, 7) is 5.12. The van der Waals surface area contributed by atoms with Crippen LogP contribution in [0.25, 0.3) is 10.6 Å². The third-order valence-electron chi connectivity index (χ3n) is 4.91. The highest BCUT2D eigenvalue weighted by Gasteiger charge is 2.07. The van der Waals surface area contributed by atoms with Gasteiger partial charge in [-0.05, 0) is 50.5 Å². The molecule has 166 valence electrons. The minimum absolute atomic E-state index is 0.134. The molecular formula is C24H36N2O3S. The molecule has 0 saturated carbocycles. The number of aryl methyl sites for hydroxylation is 1. The number of hydrogen-bond donors (Lipinski definition) is 0. The Morgan fingerprint density at radius 1 is 0.900 bits per heavy atom. The third kappa shape index (κ3) is 9.70. The molecular weight excluding hydrogens is 396 g/mol. The zero-order chi connectivity index (χ0) is 21.4. The molecule has 30 heavy (non-hydrogen) atoms. The number of rotatable bonds is 16. The Hall–Kier alpha value is -1.95. The van der Waals surface area contributed by atoms with Crippen LogP contribution in [0.1, 0.15) is 83.1 Å². The molecule has 2 aromatic rings. The second kappa shape index (κ2) is 14.9. The quantitative estimate of drug-likeness (QED) is 0.221. The predicted octanol–water partition coefficient (Wildman–Crippen LogP) is 6.61. The normalized spacial score (nSPS) is 10.9. The Morgan fingerprint density at radius 2 is 1.63 bits per heavy atom. The van der Waals surface area contributed by atoms with Gasteiger partial charge in [-0.2, -0.15) is 0 Å². The van der Waals surface area contributed by atoms with E-state index in [0.717, 1.165) is 40.6 Å². The van der Waals surface area contributed by atoms with Gasteiger partial charge in [-0.25, -0.2) is 0 Å². The van der Waals surface area contributed by atoms with Gasteiger partial charge in [-0.1, -0.05) is 56.8 Å². The van der Waals surface area contributed by atoms with Gasteiger partial charge >= 0.3 is 5.97 Å². The maximum atomic E-state index is 11.3. The average Bonchev–Trinajstić information content (AvgIpc) is 3.22. The summed E-state index contributed by atoms with van der Waals surface area (Å²) in [5.41, 5.74) is 1.08. The van der Waals surface area contributed by atoms with E-state index in [1.807, 2.05) is 31.2 Å². The van der Waals surface area contributed by atoms with Crippen LogP contribution >= 0.6 is 11.3 Å². The molecule has 1 aromatic carbocycles. The van der Waals surface area contributed by atoms with Crippen LogP contribution in [-0.4, -0.2) is 29.4 Å². The van der Waals surface area contributed by atoms with Gasteiger partial charge in [0.05, 0.1) is 13.2 Å². The van der Waals surface area contributed by atoms with E-state index in [1.54, 1.807) is 11.3 Å². The first-order valence-electron chi connectivity index (χ1n) is 11.4. The first-order valence-corrected chi connectivity index (χ1v) is 12.3. The zero-order valence-electron chi connectivity index (χ0n) is 18.5. The fraction of sp³-hybridized carbons (Fsp3) is 0.625. The van der Waals surface area contributed by atoms with Gasteiger partial charge in [0, 0.05) is 18.4 Å². The van der Waals surface area contributed by atoms with E-state index in [2.05, 4.69) is 17.1 Å². The summed E-state index contributed by atoms with van der Waals surface area (Å²) in [5, 5.41) is 10.8. The lowest BCUT2D eigenvalue weighted by atomic mass is 10.1. The molecule has 0 aliphatic heterocycles. The molecule has 6 heteroatoms. The lowest BCUT2D eigenvalue weighted by Gasteiger charge is -2.06. The molecule has 5 nitrogen and oxygen atoms in total. The maximum Gasteiger partial charge on any atom is 0.305 e. The van der Waals surface area contributed by atoms with E-state index in [1.165, 1.54) is 44.9 Å². The van der Waals surface area contributed by atoms with Crippen LogP contribution < -0.4 is 4.74 Å². The van der Waals surface area contributed by atoms with Crippen LogP contribution in [0, 0.1) is 0 Å². The fourth-order valence-electron chi connectivity index (χ4n) is 3.19.